The Kier molecular flexibility index (Phi) is 3.59. The summed E-state index contributed by atoms with van der Waals surface area (Å²) in [6.45, 7) is 0.497. The van der Waals surface area contributed by atoms with Gasteiger partial charge in [0, 0.05) is 12.6 Å². The largest absolute Gasteiger partial charge is 0.497 e. The molecule has 1 heterocycles. The molecule has 110 valence electrons. The van der Waals surface area contributed by atoms with Crippen LogP contribution in [0.25, 0.3) is 0 Å². The lowest BCUT2D eigenvalue weighted by Crippen LogP contribution is -2.35. The number of hydrogen-bond donors (Lipinski definition) is 0. The minimum Gasteiger partial charge on any atom is -0.497 e. The van der Waals surface area contributed by atoms with E-state index in [9.17, 15) is 8.42 Å². The van der Waals surface area contributed by atoms with Gasteiger partial charge in [-0.1, -0.05) is 24.3 Å². The molecule has 0 radical (unpaired) electrons. The molecule has 0 saturated carbocycles. The van der Waals surface area contributed by atoms with Gasteiger partial charge in [0.15, 0.2) is 0 Å². The summed E-state index contributed by atoms with van der Waals surface area (Å²) in [6, 6.07) is 14.2. The number of fused-ring (bicyclic) bond motifs is 1. The summed E-state index contributed by atoms with van der Waals surface area (Å²) < 4.78 is 32.4. The van der Waals surface area contributed by atoms with Crippen LogP contribution < -0.4 is 9.04 Å². The van der Waals surface area contributed by atoms with Gasteiger partial charge in [0.25, 0.3) is 10.0 Å². The van der Waals surface area contributed by atoms with Crippen LogP contribution in [0.3, 0.4) is 0 Å². The SMILES string of the molecule is COc1ccc2c(c1)N(S(=O)(=O)c1ccccc1)CCC2. The van der Waals surface area contributed by atoms with Crippen LogP contribution in [0.1, 0.15) is 12.0 Å². The van der Waals surface area contributed by atoms with Crippen molar-refractivity contribution < 1.29 is 13.2 Å². The quantitative estimate of drug-likeness (QED) is 0.876. The van der Waals surface area contributed by atoms with Gasteiger partial charge in [0.2, 0.25) is 0 Å². The third kappa shape index (κ3) is 2.49. The van der Waals surface area contributed by atoms with Crippen LogP contribution in [-0.2, 0) is 16.4 Å². The minimum atomic E-state index is -3.52. The van der Waals surface area contributed by atoms with E-state index in [1.165, 1.54) is 4.31 Å². The molecule has 0 bridgehead atoms. The number of aryl methyl sites for hydroxylation is 1. The molecule has 2 aromatic carbocycles. The number of nitrogens with zero attached hydrogens (tertiary/aromatic N) is 1. The smallest absolute Gasteiger partial charge is 0.264 e. The average molecular weight is 303 g/mol. The van der Waals surface area contributed by atoms with E-state index in [-0.39, 0.29) is 0 Å². The van der Waals surface area contributed by atoms with Crippen molar-refractivity contribution in [2.75, 3.05) is 18.0 Å². The fraction of sp³-hybridized carbons (Fsp3) is 0.250. The summed E-state index contributed by atoms with van der Waals surface area (Å²) in [7, 11) is -1.94. The Labute approximate surface area is 125 Å². The third-order valence-corrected chi connectivity index (χ3v) is 5.53. The second kappa shape index (κ2) is 5.41. The zero-order chi connectivity index (χ0) is 14.9. The number of hydrogen-bond acceptors (Lipinski definition) is 3. The third-order valence-electron chi connectivity index (χ3n) is 3.70. The number of rotatable bonds is 3. The minimum absolute atomic E-state index is 0.320. The monoisotopic (exact) mass is 303 g/mol. The molecule has 0 atom stereocenters. The molecule has 0 unspecified atom stereocenters. The van der Waals surface area contributed by atoms with E-state index in [4.69, 9.17) is 4.74 Å². The fourth-order valence-corrected chi connectivity index (χ4v) is 4.17. The maximum atomic E-state index is 12.8. The summed E-state index contributed by atoms with van der Waals surface area (Å²) in [5, 5.41) is 0. The Morgan fingerprint density at radius 1 is 1.10 bits per heavy atom. The Hall–Kier alpha value is -2.01. The maximum Gasteiger partial charge on any atom is 0.264 e. The standard InChI is InChI=1S/C16H17NO3S/c1-20-14-10-9-13-6-5-11-17(16(13)12-14)21(18,19)15-7-3-2-4-8-15/h2-4,7-10,12H,5-6,11H2,1H3. The topological polar surface area (TPSA) is 46.6 Å². The van der Waals surface area contributed by atoms with Crippen LogP contribution in [0.4, 0.5) is 5.69 Å². The molecule has 3 rings (SSSR count). The molecule has 21 heavy (non-hydrogen) atoms. The Balaban J connectivity index is 2.10. The zero-order valence-corrected chi connectivity index (χ0v) is 12.6. The second-order valence-electron chi connectivity index (χ2n) is 4.99. The van der Waals surface area contributed by atoms with Gasteiger partial charge in [-0.15, -0.1) is 0 Å². The highest BCUT2D eigenvalue weighted by atomic mass is 32.2. The average Bonchev–Trinajstić information content (AvgIpc) is 2.54. The molecule has 5 heteroatoms. The van der Waals surface area contributed by atoms with Gasteiger partial charge >= 0.3 is 0 Å². The van der Waals surface area contributed by atoms with Crippen LogP contribution in [0.15, 0.2) is 53.4 Å². The molecule has 1 aliphatic heterocycles. The van der Waals surface area contributed by atoms with Gasteiger partial charge < -0.3 is 4.74 Å². The van der Waals surface area contributed by atoms with Gasteiger partial charge in [0.1, 0.15) is 5.75 Å². The highest BCUT2D eigenvalue weighted by Crippen LogP contribution is 2.34. The van der Waals surface area contributed by atoms with Crippen LogP contribution in [0, 0.1) is 0 Å². The number of anilines is 1. The van der Waals surface area contributed by atoms with Gasteiger partial charge in [-0.05, 0) is 36.6 Å². The summed E-state index contributed by atoms with van der Waals surface area (Å²) >= 11 is 0. The van der Waals surface area contributed by atoms with Crippen molar-refractivity contribution in [3.63, 3.8) is 0 Å². The van der Waals surface area contributed by atoms with Crippen LogP contribution in [0.5, 0.6) is 5.75 Å². The van der Waals surface area contributed by atoms with Gasteiger partial charge in [-0.25, -0.2) is 8.42 Å². The lowest BCUT2D eigenvalue weighted by molar-refractivity contribution is 0.414. The highest BCUT2D eigenvalue weighted by molar-refractivity contribution is 7.92. The molecule has 0 aromatic heterocycles. The molecule has 0 aliphatic carbocycles. The first-order valence-corrected chi connectivity index (χ1v) is 8.31. The number of sulfonamides is 1. The lowest BCUT2D eigenvalue weighted by atomic mass is 10.0. The van der Waals surface area contributed by atoms with Crippen LogP contribution in [0.2, 0.25) is 0 Å². The van der Waals surface area contributed by atoms with Gasteiger partial charge in [-0.3, -0.25) is 4.31 Å². The molecule has 0 N–H and O–H groups in total. The predicted molar refractivity (Wildman–Crippen MR) is 82.3 cm³/mol. The van der Waals surface area contributed by atoms with Crippen LogP contribution >= 0.6 is 0 Å². The van der Waals surface area contributed by atoms with Gasteiger partial charge in [-0.2, -0.15) is 0 Å². The van der Waals surface area contributed by atoms with Crippen molar-refractivity contribution in [3.05, 3.63) is 54.1 Å². The molecule has 0 fully saturated rings. The first-order chi connectivity index (χ1) is 10.1. The zero-order valence-electron chi connectivity index (χ0n) is 11.8. The van der Waals surface area contributed by atoms with E-state index >= 15 is 0 Å². The van der Waals surface area contributed by atoms with Crippen molar-refractivity contribution in [2.24, 2.45) is 0 Å². The number of benzene rings is 2. The van der Waals surface area contributed by atoms with E-state index in [0.717, 1.165) is 24.1 Å². The Bertz CT molecular complexity index is 741. The van der Waals surface area contributed by atoms with E-state index in [2.05, 4.69) is 0 Å². The Morgan fingerprint density at radius 2 is 1.86 bits per heavy atom. The molecule has 0 spiro atoms. The summed E-state index contributed by atoms with van der Waals surface area (Å²) in [5.74, 6) is 0.670. The number of methoxy groups -OCH3 is 1. The molecule has 2 aromatic rings. The Morgan fingerprint density at radius 3 is 2.57 bits per heavy atom. The van der Waals surface area contributed by atoms with Crippen molar-refractivity contribution >= 4 is 15.7 Å². The molecule has 0 amide bonds. The van der Waals surface area contributed by atoms with Crippen molar-refractivity contribution in [1.29, 1.82) is 0 Å². The lowest BCUT2D eigenvalue weighted by Gasteiger charge is -2.30. The summed E-state index contributed by atoms with van der Waals surface area (Å²) in [5.41, 5.74) is 1.77. The van der Waals surface area contributed by atoms with Gasteiger partial charge in [0.05, 0.1) is 17.7 Å². The molecular weight excluding hydrogens is 286 g/mol. The highest BCUT2D eigenvalue weighted by Gasteiger charge is 2.29. The number of ether oxygens (including phenoxy) is 1. The first kappa shape index (κ1) is 13.9. The summed E-state index contributed by atoms with van der Waals surface area (Å²) in [6.07, 6.45) is 1.71. The predicted octanol–water partition coefficient (Wildman–Crippen LogP) is 2.84. The molecule has 4 nitrogen and oxygen atoms in total. The molecular formula is C16H17NO3S. The normalized spacial score (nSPS) is 14.6. The van der Waals surface area contributed by atoms with Crippen molar-refractivity contribution in [1.82, 2.24) is 0 Å². The molecule has 0 saturated heterocycles. The van der Waals surface area contributed by atoms with E-state index in [1.807, 2.05) is 18.2 Å². The van der Waals surface area contributed by atoms with E-state index in [0.29, 0.717) is 17.2 Å². The van der Waals surface area contributed by atoms with Crippen LogP contribution in [-0.4, -0.2) is 22.1 Å². The fourth-order valence-electron chi connectivity index (χ4n) is 2.62. The van der Waals surface area contributed by atoms with E-state index < -0.39 is 10.0 Å². The maximum absolute atomic E-state index is 12.8. The molecule has 1 aliphatic rings. The second-order valence-corrected chi connectivity index (χ2v) is 6.85. The summed E-state index contributed by atoms with van der Waals surface area (Å²) in [4.78, 5) is 0.320. The van der Waals surface area contributed by atoms with Crippen molar-refractivity contribution in [2.45, 2.75) is 17.7 Å². The first-order valence-electron chi connectivity index (χ1n) is 6.87. The van der Waals surface area contributed by atoms with Crippen molar-refractivity contribution in [3.8, 4) is 5.75 Å². The van der Waals surface area contributed by atoms with E-state index in [1.54, 1.807) is 37.4 Å².